The van der Waals surface area contributed by atoms with Crippen LogP contribution in [0.4, 0.5) is 18.9 Å². The van der Waals surface area contributed by atoms with Gasteiger partial charge in [0.1, 0.15) is 5.25 Å². The Balaban J connectivity index is 2.18. The molecule has 0 saturated heterocycles. The zero-order valence-electron chi connectivity index (χ0n) is 16.6. The van der Waals surface area contributed by atoms with Gasteiger partial charge in [0.15, 0.2) is 9.84 Å². The molecule has 0 heterocycles. The Labute approximate surface area is 182 Å². The molecule has 32 heavy (non-hydrogen) atoms. The Hall–Kier alpha value is -3.13. The van der Waals surface area contributed by atoms with Crippen LogP contribution in [0.5, 0.6) is 0 Å². The van der Waals surface area contributed by atoms with Crippen molar-refractivity contribution in [1.82, 2.24) is 10.9 Å². The number of alkyl halides is 3. The molecule has 2 aromatic rings. The molecule has 0 spiro atoms. The smallest absolute Gasteiger partial charge is 0.280 e. The minimum absolute atomic E-state index is 0.218. The van der Waals surface area contributed by atoms with E-state index in [4.69, 9.17) is 0 Å². The first-order valence-electron chi connectivity index (χ1n) is 8.70. The lowest BCUT2D eigenvalue weighted by atomic mass is 10.2. The number of hydrogen-bond acceptors (Lipinski definition) is 6. The molecule has 14 heteroatoms. The zero-order valence-corrected chi connectivity index (χ0v) is 18.2. The molecule has 9 nitrogen and oxygen atoms in total. The molecule has 0 saturated carbocycles. The Morgan fingerprint density at radius 3 is 2.16 bits per heavy atom. The molecule has 0 aliphatic heterocycles. The van der Waals surface area contributed by atoms with E-state index in [1.54, 1.807) is 0 Å². The van der Waals surface area contributed by atoms with Crippen molar-refractivity contribution in [3.05, 3.63) is 59.7 Å². The molecule has 2 aromatic carbocycles. The fraction of sp³-hybridized carbons (Fsp3) is 0.222. The van der Waals surface area contributed by atoms with Gasteiger partial charge >= 0.3 is 6.18 Å². The molecule has 2 rings (SSSR count). The van der Waals surface area contributed by atoms with Gasteiger partial charge < -0.3 is 0 Å². The summed E-state index contributed by atoms with van der Waals surface area (Å²) < 4.78 is 88.3. The SMILES string of the molecule is CC(C(=O)NNC(=O)c1cccc(S(=O)(=O)Nc2cccc(C(F)(F)F)c2)c1)S(C)(=O)=O. The van der Waals surface area contributed by atoms with Gasteiger partial charge in [-0.2, -0.15) is 13.2 Å². The fourth-order valence-corrected chi connectivity index (χ4v) is 3.81. The predicted octanol–water partition coefficient (Wildman–Crippen LogP) is 1.70. The molecular formula is C18H18F3N3O6S2. The van der Waals surface area contributed by atoms with E-state index in [1.807, 2.05) is 15.6 Å². The Morgan fingerprint density at radius 1 is 0.938 bits per heavy atom. The monoisotopic (exact) mass is 493 g/mol. The second kappa shape index (κ2) is 9.16. The first kappa shape index (κ1) is 25.1. The van der Waals surface area contributed by atoms with Crippen molar-refractivity contribution in [2.45, 2.75) is 23.2 Å². The van der Waals surface area contributed by atoms with Gasteiger partial charge in [-0.1, -0.05) is 12.1 Å². The van der Waals surface area contributed by atoms with Gasteiger partial charge in [-0.15, -0.1) is 0 Å². The molecule has 0 bridgehead atoms. The van der Waals surface area contributed by atoms with Crippen LogP contribution in [-0.2, 0) is 30.8 Å². The zero-order chi connectivity index (χ0) is 24.3. The number of sulfonamides is 1. The second-order valence-corrected chi connectivity index (χ2v) is 10.7. The lowest BCUT2D eigenvalue weighted by Gasteiger charge is -2.13. The van der Waals surface area contributed by atoms with E-state index < -0.39 is 53.6 Å². The highest BCUT2D eigenvalue weighted by Crippen LogP contribution is 2.31. The van der Waals surface area contributed by atoms with Crippen molar-refractivity contribution in [3.63, 3.8) is 0 Å². The summed E-state index contributed by atoms with van der Waals surface area (Å²) in [6.45, 7) is 1.11. The molecule has 3 N–H and O–H groups in total. The van der Waals surface area contributed by atoms with Crippen LogP contribution >= 0.6 is 0 Å². The summed E-state index contributed by atoms with van der Waals surface area (Å²) >= 11 is 0. The molecule has 2 amide bonds. The Kier molecular flexibility index (Phi) is 7.19. The predicted molar refractivity (Wildman–Crippen MR) is 109 cm³/mol. The number of anilines is 1. The van der Waals surface area contributed by atoms with Crippen LogP contribution in [0.1, 0.15) is 22.8 Å². The number of carbonyl (C=O) groups is 2. The van der Waals surface area contributed by atoms with Crippen molar-refractivity contribution >= 4 is 37.4 Å². The van der Waals surface area contributed by atoms with E-state index in [2.05, 4.69) is 0 Å². The van der Waals surface area contributed by atoms with E-state index in [-0.39, 0.29) is 11.3 Å². The molecule has 1 unspecified atom stereocenters. The van der Waals surface area contributed by atoms with Crippen molar-refractivity contribution in [2.24, 2.45) is 0 Å². The summed E-state index contributed by atoms with van der Waals surface area (Å²) in [5, 5.41) is -1.44. The van der Waals surface area contributed by atoms with Crippen LogP contribution < -0.4 is 15.6 Å². The first-order valence-corrected chi connectivity index (χ1v) is 12.1. The molecule has 0 radical (unpaired) electrons. The number of amides is 2. The molecule has 0 aliphatic rings. The van der Waals surface area contributed by atoms with E-state index in [1.165, 1.54) is 12.1 Å². The highest BCUT2D eigenvalue weighted by molar-refractivity contribution is 7.92. The van der Waals surface area contributed by atoms with Crippen LogP contribution in [0, 0.1) is 0 Å². The number of hydrazine groups is 1. The molecule has 1 atom stereocenters. The summed E-state index contributed by atoms with van der Waals surface area (Å²) in [6.07, 6.45) is -3.83. The normalized spacial score (nSPS) is 13.2. The Bertz CT molecular complexity index is 1240. The topological polar surface area (TPSA) is 139 Å². The minimum atomic E-state index is -4.67. The van der Waals surface area contributed by atoms with Crippen molar-refractivity contribution < 1.29 is 39.6 Å². The maximum absolute atomic E-state index is 12.8. The number of benzene rings is 2. The summed E-state index contributed by atoms with van der Waals surface area (Å²) in [5.74, 6) is -1.95. The van der Waals surface area contributed by atoms with E-state index in [9.17, 15) is 39.6 Å². The third-order valence-electron chi connectivity index (χ3n) is 4.16. The van der Waals surface area contributed by atoms with Gasteiger partial charge in [0.05, 0.1) is 10.5 Å². The van der Waals surface area contributed by atoms with Crippen molar-refractivity contribution in [2.75, 3.05) is 11.0 Å². The van der Waals surface area contributed by atoms with Crippen molar-refractivity contribution in [1.29, 1.82) is 0 Å². The van der Waals surface area contributed by atoms with Gasteiger partial charge in [-0.05, 0) is 43.3 Å². The van der Waals surface area contributed by atoms with Crippen LogP contribution in [0.3, 0.4) is 0 Å². The molecule has 174 valence electrons. The third-order valence-corrected chi connectivity index (χ3v) is 7.04. The highest BCUT2D eigenvalue weighted by Gasteiger charge is 2.31. The lowest BCUT2D eigenvalue weighted by Crippen LogP contribution is -2.47. The van der Waals surface area contributed by atoms with E-state index in [0.29, 0.717) is 6.07 Å². The van der Waals surface area contributed by atoms with Gasteiger partial charge in [0.2, 0.25) is 0 Å². The van der Waals surface area contributed by atoms with Gasteiger partial charge in [-0.3, -0.25) is 25.2 Å². The van der Waals surface area contributed by atoms with Crippen LogP contribution in [0.25, 0.3) is 0 Å². The second-order valence-electron chi connectivity index (χ2n) is 6.63. The molecule has 0 fully saturated rings. The van der Waals surface area contributed by atoms with E-state index >= 15 is 0 Å². The van der Waals surface area contributed by atoms with Crippen LogP contribution in [0.2, 0.25) is 0 Å². The molecule has 0 aliphatic carbocycles. The number of carbonyl (C=O) groups excluding carboxylic acids is 2. The average Bonchev–Trinajstić information content (AvgIpc) is 2.69. The fourth-order valence-electron chi connectivity index (χ4n) is 2.26. The Morgan fingerprint density at radius 2 is 1.56 bits per heavy atom. The maximum atomic E-state index is 12.8. The van der Waals surface area contributed by atoms with Crippen LogP contribution in [0.15, 0.2) is 53.4 Å². The third kappa shape index (κ3) is 6.43. The summed E-state index contributed by atoms with van der Waals surface area (Å²) in [6, 6.07) is 8.01. The number of halogens is 3. The summed E-state index contributed by atoms with van der Waals surface area (Å²) in [7, 11) is -8.06. The van der Waals surface area contributed by atoms with Gasteiger partial charge in [0, 0.05) is 17.5 Å². The highest BCUT2D eigenvalue weighted by atomic mass is 32.2. The summed E-state index contributed by atoms with van der Waals surface area (Å²) in [5.41, 5.74) is 2.27. The number of nitrogens with one attached hydrogen (secondary N) is 3. The lowest BCUT2D eigenvalue weighted by molar-refractivity contribution is -0.137. The number of hydrogen-bond donors (Lipinski definition) is 3. The first-order chi connectivity index (χ1) is 14.6. The van der Waals surface area contributed by atoms with Gasteiger partial charge in [-0.25, -0.2) is 16.8 Å². The number of sulfone groups is 1. The minimum Gasteiger partial charge on any atom is -0.280 e. The number of rotatable bonds is 6. The standard InChI is InChI=1S/C18H18F3N3O6S2/c1-11(31(2,27)28)16(25)22-23-17(26)12-5-3-8-15(9-12)32(29,30)24-14-7-4-6-13(10-14)18(19,20)21/h3-11,24H,1-2H3,(H,22,25)(H,23,26). The van der Waals surface area contributed by atoms with Crippen molar-refractivity contribution in [3.8, 4) is 0 Å². The maximum Gasteiger partial charge on any atom is 0.416 e. The van der Waals surface area contributed by atoms with Gasteiger partial charge in [0.25, 0.3) is 21.8 Å². The quantitative estimate of drug-likeness (QED) is 0.524. The van der Waals surface area contributed by atoms with Crippen LogP contribution in [-0.4, -0.2) is 40.2 Å². The average molecular weight is 493 g/mol. The summed E-state index contributed by atoms with van der Waals surface area (Å²) in [4.78, 5) is 23.5. The molecule has 0 aromatic heterocycles. The molecular weight excluding hydrogens is 475 g/mol. The van der Waals surface area contributed by atoms with E-state index in [0.717, 1.165) is 43.5 Å². The largest absolute Gasteiger partial charge is 0.416 e.